The molecule has 0 heterocycles. The maximum atomic E-state index is 11.2. The van der Waals surface area contributed by atoms with E-state index in [-0.39, 0.29) is 5.04 Å². The van der Waals surface area contributed by atoms with Gasteiger partial charge in [0.1, 0.15) is 0 Å². The molecule has 0 aromatic heterocycles. The number of rotatable bonds is 8. The molecule has 3 aromatic carbocycles. The molecule has 31 heavy (non-hydrogen) atoms. The summed E-state index contributed by atoms with van der Waals surface area (Å²) in [6, 6.07) is 31.1. The molecule has 1 unspecified atom stereocenters. The van der Waals surface area contributed by atoms with Crippen molar-refractivity contribution in [2.45, 2.75) is 44.7 Å². The number of hydrogen-bond acceptors (Lipinski definition) is 3. The Bertz CT molecular complexity index is 970. The minimum absolute atomic E-state index is 0.0905. The summed E-state index contributed by atoms with van der Waals surface area (Å²) in [5.74, 6) is 0. The lowest BCUT2D eigenvalue weighted by molar-refractivity contribution is 0.254. The zero-order chi connectivity index (χ0) is 22.4. The third-order valence-corrected chi connectivity index (χ3v) is 11.1. The number of carbonyl (C=O) groups excluding carboxylic acids is 1. The van der Waals surface area contributed by atoms with E-state index in [9.17, 15) is 4.79 Å². The van der Waals surface area contributed by atoms with Crippen LogP contribution < -0.4 is 10.4 Å². The van der Waals surface area contributed by atoms with Gasteiger partial charge in [-0.1, -0.05) is 112 Å². The molecule has 0 saturated carbocycles. The van der Waals surface area contributed by atoms with Crippen LogP contribution in [0, 0.1) is 0 Å². The molecule has 0 aliphatic carbocycles. The van der Waals surface area contributed by atoms with E-state index in [1.807, 2.05) is 49.4 Å². The van der Waals surface area contributed by atoms with Gasteiger partial charge in [0.25, 0.3) is 8.32 Å². The fourth-order valence-electron chi connectivity index (χ4n) is 4.33. The van der Waals surface area contributed by atoms with Crippen molar-refractivity contribution in [2.24, 2.45) is 4.99 Å². The van der Waals surface area contributed by atoms with E-state index in [1.165, 1.54) is 10.4 Å². The number of aliphatic imine (C=N–C) groups is 1. The summed E-state index contributed by atoms with van der Waals surface area (Å²) in [5, 5.41) is 2.40. The van der Waals surface area contributed by atoms with Crippen LogP contribution in [0.2, 0.25) is 5.04 Å². The molecule has 0 fully saturated rings. The van der Waals surface area contributed by atoms with Crippen LogP contribution in [0.4, 0.5) is 0 Å². The number of benzene rings is 3. The second-order valence-electron chi connectivity index (χ2n) is 9.10. The van der Waals surface area contributed by atoms with Gasteiger partial charge in [0.05, 0.1) is 5.54 Å². The van der Waals surface area contributed by atoms with Crippen LogP contribution >= 0.6 is 0 Å². The maximum Gasteiger partial charge on any atom is 0.261 e. The summed E-state index contributed by atoms with van der Waals surface area (Å²) in [6.07, 6.45) is 2.37. The topological polar surface area (TPSA) is 38.7 Å². The quantitative estimate of drug-likeness (QED) is 0.280. The zero-order valence-electron chi connectivity index (χ0n) is 18.8. The minimum Gasteiger partial charge on any atom is -0.407 e. The van der Waals surface area contributed by atoms with Gasteiger partial charge in [-0.05, 0) is 34.3 Å². The van der Waals surface area contributed by atoms with Gasteiger partial charge in [-0.3, -0.25) is 0 Å². The Morgan fingerprint density at radius 1 is 0.774 bits per heavy atom. The molecule has 0 aliphatic rings. The first-order chi connectivity index (χ1) is 14.8. The van der Waals surface area contributed by atoms with Gasteiger partial charge in [0.2, 0.25) is 6.08 Å². The van der Waals surface area contributed by atoms with Gasteiger partial charge >= 0.3 is 0 Å². The van der Waals surface area contributed by atoms with E-state index in [0.29, 0.717) is 13.0 Å². The van der Waals surface area contributed by atoms with Gasteiger partial charge in [-0.2, -0.15) is 4.99 Å². The molecule has 0 amide bonds. The van der Waals surface area contributed by atoms with Crippen LogP contribution in [-0.4, -0.2) is 21.0 Å². The Balaban J connectivity index is 2.01. The van der Waals surface area contributed by atoms with Crippen molar-refractivity contribution in [2.75, 3.05) is 6.61 Å². The second-order valence-corrected chi connectivity index (χ2v) is 13.4. The summed E-state index contributed by atoms with van der Waals surface area (Å²) in [6.45, 7) is 9.25. The van der Waals surface area contributed by atoms with Gasteiger partial charge in [-0.25, -0.2) is 4.79 Å². The van der Waals surface area contributed by atoms with Crippen molar-refractivity contribution in [3.8, 4) is 0 Å². The fourth-order valence-corrected chi connectivity index (χ4v) is 8.89. The normalized spacial score (nSPS) is 13.8. The summed E-state index contributed by atoms with van der Waals surface area (Å²) in [4.78, 5) is 15.4. The molecule has 3 rings (SSSR count). The SMILES string of the molecule is CC(CCO[Si](c1ccccc1)(c1ccccc1)C(C)(C)C)(N=C=O)c1ccccc1. The Kier molecular flexibility index (Phi) is 7.07. The highest BCUT2D eigenvalue weighted by Crippen LogP contribution is 2.38. The molecule has 0 aliphatic heterocycles. The van der Waals surface area contributed by atoms with Crippen molar-refractivity contribution in [1.29, 1.82) is 0 Å². The predicted octanol–water partition coefficient (Wildman–Crippen LogP) is 5.20. The molecule has 3 nitrogen and oxygen atoms in total. The second kappa shape index (κ2) is 9.57. The highest BCUT2D eigenvalue weighted by Gasteiger charge is 2.50. The summed E-state index contributed by atoms with van der Waals surface area (Å²) in [7, 11) is -2.61. The van der Waals surface area contributed by atoms with Gasteiger partial charge in [-0.15, -0.1) is 0 Å². The summed E-state index contributed by atoms with van der Waals surface area (Å²) in [5.41, 5.74) is 0.318. The van der Waals surface area contributed by atoms with Crippen molar-refractivity contribution in [1.82, 2.24) is 0 Å². The van der Waals surface area contributed by atoms with Gasteiger partial charge in [0.15, 0.2) is 0 Å². The Labute approximate surface area is 187 Å². The molecule has 1 atom stereocenters. The van der Waals surface area contributed by atoms with Crippen molar-refractivity contribution >= 4 is 24.8 Å². The summed E-state index contributed by atoms with van der Waals surface area (Å²) >= 11 is 0. The smallest absolute Gasteiger partial charge is 0.261 e. The Morgan fingerprint density at radius 2 is 1.23 bits per heavy atom. The van der Waals surface area contributed by atoms with E-state index in [1.54, 1.807) is 6.08 Å². The first-order valence-corrected chi connectivity index (χ1v) is 12.6. The lowest BCUT2D eigenvalue weighted by Crippen LogP contribution is -2.66. The van der Waals surface area contributed by atoms with E-state index in [0.717, 1.165) is 5.56 Å². The average Bonchev–Trinajstić information content (AvgIpc) is 2.78. The summed E-state index contributed by atoms with van der Waals surface area (Å²) < 4.78 is 6.98. The van der Waals surface area contributed by atoms with Gasteiger partial charge < -0.3 is 4.43 Å². The molecule has 4 heteroatoms. The molecule has 0 bridgehead atoms. The van der Waals surface area contributed by atoms with Gasteiger partial charge in [0, 0.05) is 6.61 Å². The first kappa shape index (κ1) is 22.9. The zero-order valence-corrected chi connectivity index (χ0v) is 19.8. The van der Waals surface area contributed by atoms with E-state index >= 15 is 0 Å². The average molecular weight is 430 g/mol. The van der Waals surface area contributed by atoms with Crippen LogP contribution in [0.15, 0.2) is 96.0 Å². The molecular weight excluding hydrogens is 398 g/mol. The molecule has 0 saturated heterocycles. The van der Waals surface area contributed by atoms with Crippen molar-refractivity contribution < 1.29 is 9.22 Å². The van der Waals surface area contributed by atoms with E-state index < -0.39 is 13.9 Å². The predicted molar refractivity (Wildman–Crippen MR) is 130 cm³/mol. The molecule has 3 aromatic rings. The van der Waals surface area contributed by atoms with Crippen LogP contribution in [0.25, 0.3) is 0 Å². The largest absolute Gasteiger partial charge is 0.407 e. The van der Waals surface area contributed by atoms with Crippen LogP contribution in [0.5, 0.6) is 0 Å². The third-order valence-electron chi connectivity index (χ3n) is 6.01. The van der Waals surface area contributed by atoms with Crippen molar-refractivity contribution in [3.05, 3.63) is 96.6 Å². The lowest BCUT2D eigenvalue weighted by Gasteiger charge is -2.43. The van der Waals surface area contributed by atoms with Crippen molar-refractivity contribution in [3.63, 3.8) is 0 Å². The first-order valence-electron chi connectivity index (χ1n) is 10.7. The fraction of sp³-hybridized carbons (Fsp3) is 0.296. The lowest BCUT2D eigenvalue weighted by atomic mass is 9.90. The minimum atomic E-state index is -2.61. The molecule has 0 radical (unpaired) electrons. The van der Waals surface area contributed by atoms with Crippen LogP contribution in [0.1, 0.15) is 39.7 Å². The number of hydrogen-bond donors (Lipinski definition) is 0. The molecule has 160 valence electrons. The Hall–Kier alpha value is -2.78. The van der Waals surface area contributed by atoms with E-state index in [4.69, 9.17) is 4.43 Å². The highest BCUT2D eigenvalue weighted by molar-refractivity contribution is 6.99. The molecule has 0 spiro atoms. The molecule has 0 N–H and O–H groups in total. The standard InChI is InChI=1S/C27H31NO2Si/c1-26(2,3)31(24-16-10-6-11-17-24,25-18-12-7-13-19-25)30-21-20-27(4,28-22-29)23-14-8-5-9-15-23/h5-19H,20-21H2,1-4H3. The maximum absolute atomic E-state index is 11.2. The van der Waals surface area contributed by atoms with E-state index in [2.05, 4.69) is 74.3 Å². The Morgan fingerprint density at radius 3 is 1.65 bits per heavy atom. The van der Waals surface area contributed by atoms with Crippen LogP contribution in [0.3, 0.4) is 0 Å². The number of isocyanates is 1. The monoisotopic (exact) mass is 429 g/mol. The molecular formula is C27H31NO2Si. The highest BCUT2D eigenvalue weighted by atomic mass is 28.4. The third kappa shape index (κ3) is 4.77. The van der Waals surface area contributed by atoms with Crippen LogP contribution in [-0.2, 0) is 14.8 Å². The number of nitrogens with zero attached hydrogens (tertiary/aromatic N) is 1.